The summed E-state index contributed by atoms with van der Waals surface area (Å²) in [6.45, 7) is 4.88. The molecule has 0 aliphatic carbocycles. The Kier molecular flexibility index (Phi) is 6.11. The van der Waals surface area contributed by atoms with Gasteiger partial charge >= 0.3 is 0 Å². The molecule has 8 heteroatoms. The Bertz CT molecular complexity index is 1330. The minimum Gasteiger partial charge on any atom is -0.383 e. The van der Waals surface area contributed by atoms with Crippen molar-refractivity contribution >= 4 is 39.6 Å². The van der Waals surface area contributed by atoms with Gasteiger partial charge in [0.25, 0.3) is 5.56 Å². The number of nitrogens with zero attached hydrogens (tertiary/aromatic N) is 2. The van der Waals surface area contributed by atoms with Gasteiger partial charge in [0.1, 0.15) is 11.0 Å². The Morgan fingerprint density at radius 3 is 2.81 bits per heavy atom. The zero-order valence-corrected chi connectivity index (χ0v) is 18.5. The van der Waals surface area contributed by atoms with Crippen LogP contribution in [0, 0.1) is 13.8 Å². The number of thioether (sulfide) groups is 1. The lowest BCUT2D eigenvalue weighted by atomic mass is 10.1. The molecule has 0 unspecified atom stereocenters. The standard InChI is InChI=1S/C23H24N4O3S/c1-14-7-6-10-18(15(14)2)27-22(29)21-20(16-8-4-5-9-17(16)25-21)26-23(27)31-13-19(28)24-11-12-30-3/h4-10,25H,11-13H2,1-3H3,(H,24,28). The maximum atomic E-state index is 13.6. The van der Waals surface area contributed by atoms with E-state index in [0.717, 1.165) is 27.7 Å². The van der Waals surface area contributed by atoms with Gasteiger partial charge in [0.15, 0.2) is 5.16 Å². The molecule has 31 heavy (non-hydrogen) atoms. The number of nitrogens with one attached hydrogen (secondary N) is 2. The number of methoxy groups -OCH3 is 1. The average molecular weight is 437 g/mol. The first-order valence-electron chi connectivity index (χ1n) is 9.99. The largest absolute Gasteiger partial charge is 0.383 e. The molecule has 0 saturated carbocycles. The Morgan fingerprint density at radius 2 is 2.00 bits per heavy atom. The highest BCUT2D eigenvalue weighted by atomic mass is 32.2. The summed E-state index contributed by atoms with van der Waals surface area (Å²) in [6, 6.07) is 13.5. The quantitative estimate of drug-likeness (QED) is 0.264. The van der Waals surface area contributed by atoms with Gasteiger partial charge in [0.2, 0.25) is 5.91 Å². The molecular weight excluding hydrogens is 412 g/mol. The predicted octanol–water partition coefficient (Wildman–Crippen LogP) is 3.34. The van der Waals surface area contributed by atoms with Gasteiger partial charge < -0.3 is 15.0 Å². The fraction of sp³-hybridized carbons (Fsp3) is 0.261. The van der Waals surface area contributed by atoms with Gasteiger partial charge in [-0.1, -0.05) is 42.1 Å². The summed E-state index contributed by atoms with van der Waals surface area (Å²) in [5, 5.41) is 4.17. The number of amides is 1. The summed E-state index contributed by atoms with van der Waals surface area (Å²) in [4.78, 5) is 33.9. The number of hydrogen-bond donors (Lipinski definition) is 2. The first-order chi connectivity index (χ1) is 15.0. The van der Waals surface area contributed by atoms with Crippen molar-refractivity contribution in [2.75, 3.05) is 26.0 Å². The Labute approximate surface area is 183 Å². The van der Waals surface area contributed by atoms with Crippen LogP contribution in [0.1, 0.15) is 11.1 Å². The third-order valence-corrected chi connectivity index (χ3v) is 6.21. The SMILES string of the molecule is COCCNC(=O)CSc1nc2c([nH]c3ccccc32)c(=O)n1-c1cccc(C)c1C. The van der Waals surface area contributed by atoms with Crippen LogP contribution in [0.25, 0.3) is 27.6 Å². The third-order valence-electron chi connectivity index (χ3n) is 5.27. The molecule has 0 aliphatic heterocycles. The zero-order chi connectivity index (χ0) is 22.0. The van der Waals surface area contributed by atoms with Gasteiger partial charge in [-0.3, -0.25) is 14.2 Å². The molecule has 1 amide bonds. The van der Waals surface area contributed by atoms with Crippen molar-refractivity contribution < 1.29 is 9.53 Å². The molecule has 7 nitrogen and oxygen atoms in total. The fourth-order valence-corrected chi connectivity index (χ4v) is 4.33. The number of fused-ring (bicyclic) bond motifs is 3. The summed E-state index contributed by atoms with van der Waals surface area (Å²) in [5.74, 6) is 0.0114. The van der Waals surface area contributed by atoms with E-state index in [1.54, 1.807) is 11.7 Å². The molecule has 2 aromatic carbocycles. The highest BCUT2D eigenvalue weighted by Crippen LogP contribution is 2.27. The second-order valence-corrected chi connectivity index (χ2v) is 8.22. The van der Waals surface area contributed by atoms with Crippen LogP contribution < -0.4 is 10.9 Å². The molecule has 4 aromatic rings. The molecular formula is C23H24N4O3S. The monoisotopic (exact) mass is 436 g/mol. The number of H-pyrrole nitrogens is 1. The number of aryl methyl sites for hydroxylation is 1. The molecule has 0 bridgehead atoms. The van der Waals surface area contributed by atoms with Crippen LogP contribution in [0.5, 0.6) is 0 Å². The average Bonchev–Trinajstić information content (AvgIpc) is 3.14. The summed E-state index contributed by atoms with van der Waals surface area (Å²) >= 11 is 1.25. The van der Waals surface area contributed by atoms with Crippen LogP contribution >= 0.6 is 11.8 Å². The van der Waals surface area contributed by atoms with Crippen LogP contribution in [-0.2, 0) is 9.53 Å². The van der Waals surface area contributed by atoms with E-state index in [1.165, 1.54) is 11.8 Å². The maximum Gasteiger partial charge on any atom is 0.283 e. The highest BCUT2D eigenvalue weighted by Gasteiger charge is 2.19. The molecule has 0 atom stereocenters. The number of para-hydroxylation sites is 1. The second-order valence-electron chi connectivity index (χ2n) is 7.28. The molecule has 0 aliphatic rings. The van der Waals surface area contributed by atoms with E-state index in [0.29, 0.717) is 29.3 Å². The number of ether oxygens (including phenoxy) is 1. The van der Waals surface area contributed by atoms with Crippen LogP contribution in [0.4, 0.5) is 0 Å². The van der Waals surface area contributed by atoms with Gasteiger partial charge in [-0.15, -0.1) is 0 Å². The molecule has 4 rings (SSSR count). The van der Waals surface area contributed by atoms with Crippen LogP contribution in [0.2, 0.25) is 0 Å². The van der Waals surface area contributed by atoms with Crippen molar-refractivity contribution in [1.29, 1.82) is 0 Å². The Hall–Kier alpha value is -3.10. The minimum absolute atomic E-state index is 0.136. The first-order valence-corrected chi connectivity index (χ1v) is 11.0. The summed E-state index contributed by atoms with van der Waals surface area (Å²) < 4.78 is 6.57. The third kappa shape index (κ3) is 4.08. The summed E-state index contributed by atoms with van der Waals surface area (Å²) in [6.07, 6.45) is 0. The van der Waals surface area contributed by atoms with E-state index >= 15 is 0 Å². The van der Waals surface area contributed by atoms with E-state index in [4.69, 9.17) is 9.72 Å². The second kappa shape index (κ2) is 8.95. The lowest BCUT2D eigenvalue weighted by Gasteiger charge is -2.15. The molecule has 2 heterocycles. The molecule has 0 spiro atoms. The summed E-state index contributed by atoms with van der Waals surface area (Å²) in [7, 11) is 1.59. The number of aromatic amines is 1. The normalized spacial score (nSPS) is 11.3. The first kappa shape index (κ1) is 21.1. The van der Waals surface area contributed by atoms with Crippen molar-refractivity contribution in [2.45, 2.75) is 19.0 Å². The molecule has 0 fully saturated rings. The van der Waals surface area contributed by atoms with Crippen LogP contribution in [0.15, 0.2) is 52.4 Å². The van der Waals surface area contributed by atoms with E-state index < -0.39 is 0 Å². The minimum atomic E-state index is -0.183. The van der Waals surface area contributed by atoms with E-state index in [1.807, 2.05) is 56.3 Å². The van der Waals surface area contributed by atoms with Crippen LogP contribution in [-0.4, -0.2) is 46.5 Å². The van der Waals surface area contributed by atoms with E-state index in [2.05, 4.69) is 10.3 Å². The molecule has 2 N–H and O–H groups in total. The van der Waals surface area contributed by atoms with Gasteiger partial charge in [0, 0.05) is 24.6 Å². The highest BCUT2D eigenvalue weighted by molar-refractivity contribution is 7.99. The molecule has 0 saturated heterocycles. The summed E-state index contributed by atoms with van der Waals surface area (Å²) in [5.41, 5.74) is 4.58. The molecule has 0 radical (unpaired) electrons. The van der Waals surface area contributed by atoms with Crippen molar-refractivity contribution in [3.05, 3.63) is 63.9 Å². The fourth-order valence-electron chi connectivity index (χ4n) is 3.50. The van der Waals surface area contributed by atoms with Gasteiger partial charge in [-0.2, -0.15) is 0 Å². The number of benzene rings is 2. The number of carbonyl (C=O) groups is 1. The van der Waals surface area contributed by atoms with Crippen LogP contribution in [0.3, 0.4) is 0 Å². The number of aromatic nitrogens is 3. The van der Waals surface area contributed by atoms with Crippen molar-refractivity contribution in [1.82, 2.24) is 19.9 Å². The molecule has 160 valence electrons. The van der Waals surface area contributed by atoms with Crippen molar-refractivity contribution in [3.63, 3.8) is 0 Å². The van der Waals surface area contributed by atoms with E-state index in [9.17, 15) is 9.59 Å². The number of hydrogen-bond acceptors (Lipinski definition) is 5. The predicted molar refractivity (Wildman–Crippen MR) is 124 cm³/mol. The topological polar surface area (TPSA) is 89.0 Å². The van der Waals surface area contributed by atoms with Crippen molar-refractivity contribution in [3.8, 4) is 5.69 Å². The number of rotatable bonds is 7. The Morgan fingerprint density at radius 1 is 1.19 bits per heavy atom. The van der Waals surface area contributed by atoms with Gasteiger partial charge in [-0.25, -0.2) is 4.98 Å². The zero-order valence-electron chi connectivity index (χ0n) is 17.7. The smallest absolute Gasteiger partial charge is 0.283 e. The van der Waals surface area contributed by atoms with E-state index in [-0.39, 0.29) is 17.2 Å². The van der Waals surface area contributed by atoms with Crippen molar-refractivity contribution in [2.24, 2.45) is 0 Å². The van der Waals surface area contributed by atoms with Gasteiger partial charge in [-0.05, 0) is 37.1 Å². The van der Waals surface area contributed by atoms with Gasteiger partial charge in [0.05, 0.1) is 18.0 Å². The Balaban J connectivity index is 1.85. The number of carbonyl (C=O) groups excluding carboxylic acids is 1. The lowest BCUT2D eigenvalue weighted by Crippen LogP contribution is -2.29. The maximum absolute atomic E-state index is 13.6. The lowest BCUT2D eigenvalue weighted by molar-refractivity contribution is -0.118. The molecule has 2 aromatic heterocycles.